The number of hydrogen-bond donors (Lipinski definition) is 1. The fourth-order valence-corrected chi connectivity index (χ4v) is 2.67. The number of rotatable bonds is 2. The molecule has 2 N–H and O–H groups in total. The Morgan fingerprint density at radius 3 is 2.64 bits per heavy atom. The molecule has 0 unspecified atom stereocenters. The number of benzene rings is 1. The van der Waals surface area contributed by atoms with Gasteiger partial charge in [-0.25, -0.2) is 14.6 Å². The van der Waals surface area contributed by atoms with Crippen LogP contribution in [0.4, 0.5) is 13.2 Å². The zero-order valence-corrected chi connectivity index (χ0v) is 12.0. The molecule has 1 aromatic carbocycles. The second kappa shape index (κ2) is 5.13. The first-order chi connectivity index (χ1) is 10.4. The summed E-state index contributed by atoms with van der Waals surface area (Å²) < 4.78 is 38.4. The molecular formula is C12H9F3N6S. The van der Waals surface area contributed by atoms with Gasteiger partial charge in [0.25, 0.3) is 5.82 Å². The lowest BCUT2D eigenvalue weighted by Gasteiger charge is -2.07. The third-order valence-corrected chi connectivity index (χ3v) is 3.84. The van der Waals surface area contributed by atoms with Crippen LogP contribution in [0.3, 0.4) is 0 Å². The van der Waals surface area contributed by atoms with Crippen LogP contribution in [-0.4, -0.2) is 24.8 Å². The third-order valence-electron chi connectivity index (χ3n) is 2.86. The monoisotopic (exact) mass is 326 g/mol. The minimum atomic E-state index is -4.66. The fourth-order valence-electron chi connectivity index (χ4n) is 1.85. The van der Waals surface area contributed by atoms with Crippen LogP contribution in [0.2, 0.25) is 0 Å². The highest BCUT2D eigenvalue weighted by Gasteiger charge is 2.38. The van der Waals surface area contributed by atoms with Gasteiger partial charge in [-0.15, -0.1) is 10.2 Å². The van der Waals surface area contributed by atoms with Gasteiger partial charge in [-0.3, -0.25) is 0 Å². The summed E-state index contributed by atoms with van der Waals surface area (Å²) in [4.78, 5) is 8.20. The average molecular weight is 326 g/mol. The number of nitrogens with zero attached hydrogens (tertiary/aromatic N) is 5. The van der Waals surface area contributed by atoms with Crippen LogP contribution < -0.4 is 5.84 Å². The SMILES string of the molecule is Cc1ccc2ncnc(Sc3nnc(C(F)(F)F)n3N)c2c1. The lowest BCUT2D eigenvalue weighted by molar-refractivity contribution is -0.146. The van der Waals surface area contributed by atoms with Crippen molar-refractivity contribution in [1.82, 2.24) is 24.8 Å². The highest BCUT2D eigenvalue weighted by molar-refractivity contribution is 7.99. The average Bonchev–Trinajstić information content (AvgIpc) is 2.81. The van der Waals surface area contributed by atoms with E-state index in [2.05, 4.69) is 20.2 Å². The van der Waals surface area contributed by atoms with E-state index in [1.807, 2.05) is 25.1 Å². The highest BCUT2D eigenvalue weighted by Crippen LogP contribution is 2.33. The van der Waals surface area contributed by atoms with Crippen LogP contribution in [0.5, 0.6) is 0 Å². The molecule has 0 radical (unpaired) electrons. The predicted octanol–water partition coefficient (Wildman–Crippen LogP) is 2.41. The Labute approximate surface area is 126 Å². The first-order valence-electron chi connectivity index (χ1n) is 6.03. The molecule has 0 aliphatic heterocycles. The van der Waals surface area contributed by atoms with Crippen LogP contribution in [0.25, 0.3) is 10.9 Å². The van der Waals surface area contributed by atoms with E-state index in [0.29, 0.717) is 20.6 Å². The number of alkyl halides is 3. The van der Waals surface area contributed by atoms with Crippen LogP contribution >= 0.6 is 11.8 Å². The van der Waals surface area contributed by atoms with E-state index >= 15 is 0 Å². The Kier molecular flexibility index (Phi) is 3.39. The minimum absolute atomic E-state index is 0.103. The number of aromatic nitrogens is 5. The van der Waals surface area contributed by atoms with Crippen LogP contribution in [0, 0.1) is 6.92 Å². The Morgan fingerprint density at radius 1 is 1.18 bits per heavy atom. The summed E-state index contributed by atoms with van der Waals surface area (Å²) in [5.41, 5.74) is 1.66. The Balaban J connectivity index is 2.04. The lowest BCUT2D eigenvalue weighted by Crippen LogP contribution is -2.21. The highest BCUT2D eigenvalue weighted by atomic mass is 32.2. The molecule has 3 rings (SSSR count). The fraction of sp³-hybridized carbons (Fsp3) is 0.167. The summed E-state index contributed by atoms with van der Waals surface area (Å²) in [7, 11) is 0. The molecule has 0 fully saturated rings. The maximum absolute atomic E-state index is 12.7. The van der Waals surface area contributed by atoms with Crippen molar-refractivity contribution in [3.8, 4) is 0 Å². The van der Waals surface area contributed by atoms with E-state index in [1.54, 1.807) is 0 Å². The zero-order chi connectivity index (χ0) is 15.9. The van der Waals surface area contributed by atoms with Gasteiger partial charge in [0.05, 0.1) is 5.52 Å². The van der Waals surface area contributed by atoms with Crippen LogP contribution in [0.15, 0.2) is 34.7 Å². The Bertz CT molecular complexity index is 844. The molecule has 0 atom stereocenters. The van der Waals surface area contributed by atoms with Crippen LogP contribution in [-0.2, 0) is 6.18 Å². The van der Waals surface area contributed by atoms with E-state index in [-0.39, 0.29) is 5.16 Å². The standard InChI is InChI=1S/C12H9F3N6S/c1-6-2-3-8-7(4-6)9(18-5-17-8)22-11-20-19-10(21(11)16)12(13,14)15/h2-5H,16H2,1H3. The van der Waals surface area contributed by atoms with Crippen molar-refractivity contribution in [2.75, 3.05) is 5.84 Å². The molecule has 3 aromatic rings. The molecule has 0 spiro atoms. The number of nitrogens with two attached hydrogens (primary N) is 1. The summed E-state index contributed by atoms with van der Waals surface area (Å²) in [5.74, 6) is 4.16. The first kappa shape index (κ1) is 14.6. The topological polar surface area (TPSA) is 82.5 Å². The van der Waals surface area contributed by atoms with Gasteiger partial charge in [0.2, 0.25) is 5.16 Å². The largest absolute Gasteiger partial charge is 0.453 e. The normalized spacial score (nSPS) is 12.0. The zero-order valence-electron chi connectivity index (χ0n) is 11.2. The molecule has 0 bridgehead atoms. The van der Waals surface area contributed by atoms with Crippen molar-refractivity contribution >= 4 is 22.7 Å². The predicted molar refractivity (Wildman–Crippen MR) is 73.6 cm³/mol. The van der Waals surface area contributed by atoms with Gasteiger partial charge >= 0.3 is 6.18 Å². The number of halogens is 3. The van der Waals surface area contributed by atoms with Crippen molar-refractivity contribution in [3.63, 3.8) is 0 Å². The van der Waals surface area contributed by atoms with Crippen molar-refractivity contribution in [2.45, 2.75) is 23.3 Å². The Hall–Kier alpha value is -2.36. The van der Waals surface area contributed by atoms with Gasteiger partial charge in [0.1, 0.15) is 11.4 Å². The van der Waals surface area contributed by atoms with Gasteiger partial charge in [-0.05, 0) is 30.8 Å². The smallest absolute Gasteiger partial charge is 0.335 e. The maximum atomic E-state index is 12.7. The van der Waals surface area contributed by atoms with Gasteiger partial charge in [0, 0.05) is 5.39 Å². The molecule has 2 heterocycles. The number of fused-ring (bicyclic) bond motifs is 1. The van der Waals surface area contributed by atoms with Gasteiger partial charge in [-0.2, -0.15) is 13.2 Å². The van der Waals surface area contributed by atoms with Gasteiger partial charge in [-0.1, -0.05) is 11.6 Å². The third kappa shape index (κ3) is 2.56. The number of nitrogen functional groups attached to an aromatic ring is 1. The van der Waals surface area contributed by atoms with Gasteiger partial charge < -0.3 is 5.84 Å². The summed E-state index contributed by atoms with van der Waals surface area (Å²) in [6, 6.07) is 5.54. The molecular weight excluding hydrogens is 317 g/mol. The minimum Gasteiger partial charge on any atom is -0.335 e. The number of aryl methyl sites for hydroxylation is 1. The van der Waals surface area contributed by atoms with Crippen molar-refractivity contribution in [2.24, 2.45) is 0 Å². The van der Waals surface area contributed by atoms with Crippen molar-refractivity contribution in [1.29, 1.82) is 0 Å². The molecule has 0 saturated carbocycles. The van der Waals surface area contributed by atoms with Gasteiger partial charge in [0.15, 0.2) is 0 Å². The summed E-state index contributed by atoms with van der Waals surface area (Å²) in [6.07, 6.45) is -3.33. The van der Waals surface area contributed by atoms with Crippen molar-refractivity contribution in [3.05, 3.63) is 35.9 Å². The molecule has 2 aromatic heterocycles. The maximum Gasteiger partial charge on any atom is 0.453 e. The lowest BCUT2D eigenvalue weighted by atomic mass is 10.2. The molecule has 0 amide bonds. The van der Waals surface area contributed by atoms with E-state index in [0.717, 1.165) is 17.3 Å². The molecule has 0 aliphatic carbocycles. The first-order valence-corrected chi connectivity index (χ1v) is 6.85. The second-order valence-corrected chi connectivity index (χ2v) is 5.43. The van der Waals surface area contributed by atoms with E-state index in [9.17, 15) is 13.2 Å². The van der Waals surface area contributed by atoms with E-state index in [1.165, 1.54) is 6.33 Å². The number of hydrogen-bond acceptors (Lipinski definition) is 6. The molecule has 10 heteroatoms. The molecule has 22 heavy (non-hydrogen) atoms. The molecule has 0 saturated heterocycles. The van der Waals surface area contributed by atoms with Crippen LogP contribution in [0.1, 0.15) is 11.4 Å². The summed E-state index contributed by atoms with van der Waals surface area (Å²) >= 11 is 0.903. The summed E-state index contributed by atoms with van der Waals surface area (Å²) in [5, 5.41) is 7.63. The molecule has 0 aliphatic rings. The van der Waals surface area contributed by atoms with E-state index < -0.39 is 12.0 Å². The Morgan fingerprint density at radius 2 is 1.95 bits per heavy atom. The second-order valence-electron chi connectivity index (χ2n) is 4.48. The quantitative estimate of drug-likeness (QED) is 0.575. The van der Waals surface area contributed by atoms with Crippen molar-refractivity contribution < 1.29 is 13.2 Å². The van der Waals surface area contributed by atoms with E-state index in [4.69, 9.17) is 5.84 Å². The summed E-state index contributed by atoms with van der Waals surface area (Å²) in [6.45, 7) is 1.90. The molecule has 6 nitrogen and oxygen atoms in total. The molecule has 114 valence electrons.